The molecule has 5 nitrogen and oxygen atoms in total. The van der Waals surface area contributed by atoms with Gasteiger partial charge in [-0.2, -0.15) is 0 Å². The second-order valence-electron chi connectivity index (χ2n) is 5.59. The smallest absolute Gasteiger partial charge is 0.0726 e. The zero-order chi connectivity index (χ0) is 14.7. The van der Waals surface area contributed by atoms with Crippen LogP contribution in [-0.4, -0.2) is 40.0 Å². The summed E-state index contributed by atoms with van der Waals surface area (Å²) in [5, 5.41) is 3.21. The third kappa shape index (κ3) is 3.36. The van der Waals surface area contributed by atoms with E-state index in [1.54, 1.807) is 12.4 Å². The zero-order valence-electron chi connectivity index (χ0n) is 12.6. The molecule has 1 N–H and O–H groups in total. The molecule has 1 aliphatic heterocycles. The van der Waals surface area contributed by atoms with Crippen molar-refractivity contribution in [3.8, 4) is 0 Å². The summed E-state index contributed by atoms with van der Waals surface area (Å²) >= 11 is 0. The third-order valence-electron chi connectivity index (χ3n) is 3.95. The van der Waals surface area contributed by atoms with Crippen molar-refractivity contribution in [1.29, 1.82) is 0 Å². The molecule has 0 aromatic carbocycles. The topological polar surface area (TPSA) is 53.9 Å². The first-order chi connectivity index (χ1) is 10.2. The monoisotopic (exact) mass is 283 g/mol. The maximum absolute atomic E-state index is 4.71. The van der Waals surface area contributed by atoms with Gasteiger partial charge in [0.1, 0.15) is 0 Å². The first-order valence-corrected chi connectivity index (χ1v) is 7.38. The van der Waals surface area contributed by atoms with Crippen LogP contribution < -0.4 is 5.32 Å². The lowest BCUT2D eigenvalue weighted by Gasteiger charge is -2.16. The molecule has 1 saturated heterocycles. The Morgan fingerprint density at radius 2 is 2.24 bits per heavy atom. The first kappa shape index (κ1) is 13.9. The van der Waals surface area contributed by atoms with E-state index in [0.29, 0.717) is 5.92 Å². The SMILES string of the molecule is CNc1cc(C)nc(C2CCN(Cc3cnccn3)C2)c1. The number of aryl methyl sites for hydroxylation is 1. The van der Waals surface area contributed by atoms with Crippen molar-refractivity contribution in [2.45, 2.75) is 25.8 Å². The van der Waals surface area contributed by atoms with E-state index in [1.165, 1.54) is 5.69 Å². The minimum Gasteiger partial charge on any atom is -0.388 e. The number of aromatic nitrogens is 3. The van der Waals surface area contributed by atoms with Crippen LogP contribution in [0.15, 0.2) is 30.7 Å². The number of rotatable bonds is 4. The summed E-state index contributed by atoms with van der Waals surface area (Å²) in [7, 11) is 1.95. The molecule has 1 atom stereocenters. The van der Waals surface area contributed by atoms with E-state index >= 15 is 0 Å². The molecule has 5 heteroatoms. The van der Waals surface area contributed by atoms with Gasteiger partial charge in [-0.25, -0.2) is 0 Å². The number of hydrogen-bond donors (Lipinski definition) is 1. The molecule has 0 amide bonds. The normalized spacial score (nSPS) is 18.9. The summed E-state index contributed by atoms with van der Waals surface area (Å²) in [6, 6.07) is 4.25. The predicted octanol–water partition coefficient (Wildman–Crippen LogP) is 2.21. The van der Waals surface area contributed by atoms with Gasteiger partial charge in [0.15, 0.2) is 0 Å². The van der Waals surface area contributed by atoms with Crippen LogP contribution in [0.5, 0.6) is 0 Å². The Balaban J connectivity index is 1.68. The predicted molar refractivity (Wildman–Crippen MR) is 83.2 cm³/mol. The summed E-state index contributed by atoms with van der Waals surface area (Å²) in [6.07, 6.45) is 6.47. The van der Waals surface area contributed by atoms with E-state index in [0.717, 1.165) is 43.1 Å². The van der Waals surface area contributed by atoms with Gasteiger partial charge in [-0.3, -0.25) is 19.9 Å². The summed E-state index contributed by atoms with van der Waals surface area (Å²) in [6.45, 7) is 5.05. The Kier molecular flexibility index (Phi) is 4.10. The second kappa shape index (κ2) is 6.18. The van der Waals surface area contributed by atoms with Crippen molar-refractivity contribution in [3.63, 3.8) is 0 Å². The summed E-state index contributed by atoms with van der Waals surface area (Å²) in [5.41, 5.74) is 4.45. The van der Waals surface area contributed by atoms with Crippen LogP contribution >= 0.6 is 0 Å². The molecule has 0 aliphatic carbocycles. The fourth-order valence-corrected chi connectivity index (χ4v) is 2.91. The molecule has 21 heavy (non-hydrogen) atoms. The fourth-order valence-electron chi connectivity index (χ4n) is 2.91. The average Bonchev–Trinajstić information content (AvgIpc) is 2.96. The van der Waals surface area contributed by atoms with E-state index in [4.69, 9.17) is 4.98 Å². The van der Waals surface area contributed by atoms with Gasteiger partial charge < -0.3 is 5.32 Å². The van der Waals surface area contributed by atoms with Crippen LogP contribution in [0.1, 0.15) is 29.4 Å². The van der Waals surface area contributed by atoms with E-state index in [1.807, 2.05) is 13.2 Å². The molecule has 0 radical (unpaired) electrons. The van der Waals surface area contributed by atoms with Gasteiger partial charge in [0.25, 0.3) is 0 Å². The molecule has 3 heterocycles. The number of anilines is 1. The lowest BCUT2D eigenvalue weighted by molar-refractivity contribution is 0.321. The van der Waals surface area contributed by atoms with Gasteiger partial charge in [-0.15, -0.1) is 0 Å². The largest absolute Gasteiger partial charge is 0.388 e. The van der Waals surface area contributed by atoms with Crippen LogP contribution in [0, 0.1) is 6.92 Å². The zero-order valence-corrected chi connectivity index (χ0v) is 12.6. The second-order valence-corrected chi connectivity index (χ2v) is 5.59. The number of nitrogens with one attached hydrogen (secondary N) is 1. The highest BCUT2D eigenvalue weighted by Gasteiger charge is 2.25. The molecule has 2 aromatic rings. The van der Waals surface area contributed by atoms with Gasteiger partial charge in [-0.05, 0) is 32.0 Å². The summed E-state index contributed by atoms with van der Waals surface area (Å²) < 4.78 is 0. The van der Waals surface area contributed by atoms with Crippen molar-refractivity contribution >= 4 is 5.69 Å². The first-order valence-electron chi connectivity index (χ1n) is 7.38. The lowest BCUT2D eigenvalue weighted by Crippen LogP contribution is -2.20. The minimum atomic E-state index is 0.508. The van der Waals surface area contributed by atoms with Crippen LogP contribution in [0.4, 0.5) is 5.69 Å². The fraction of sp³-hybridized carbons (Fsp3) is 0.438. The Labute approximate surface area is 125 Å². The molecular formula is C16H21N5. The van der Waals surface area contributed by atoms with E-state index in [9.17, 15) is 0 Å². The molecule has 0 saturated carbocycles. The average molecular weight is 283 g/mol. The molecule has 0 spiro atoms. The third-order valence-corrected chi connectivity index (χ3v) is 3.95. The molecule has 2 aromatic heterocycles. The molecule has 1 fully saturated rings. The Morgan fingerprint density at radius 1 is 1.33 bits per heavy atom. The van der Waals surface area contributed by atoms with E-state index < -0.39 is 0 Å². The van der Waals surface area contributed by atoms with Crippen LogP contribution in [0.25, 0.3) is 0 Å². The molecule has 0 bridgehead atoms. The maximum atomic E-state index is 4.71. The number of pyridine rings is 1. The minimum absolute atomic E-state index is 0.508. The molecule has 1 unspecified atom stereocenters. The van der Waals surface area contributed by atoms with Crippen molar-refractivity contribution in [2.75, 3.05) is 25.5 Å². The number of hydrogen-bond acceptors (Lipinski definition) is 5. The van der Waals surface area contributed by atoms with Crippen LogP contribution in [0.3, 0.4) is 0 Å². The number of nitrogens with zero attached hydrogens (tertiary/aromatic N) is 4. The van der Waals surface area contributed by atoms with E-state index in [-0.39, 0.29) is 0 Å². The standard InChI is InChI=1S/C16H21N5/c1-12-7-14(17-2)8-16(20-12)13-3-6-21(10-13)11-15-9-18-4-5-19-15/h4-5,7-9,13H,3,6,10-11H2,1-2H3,(H,17,20). The highest BCUT2D eigenvalue weighted by Crippen LogP contribution is 2.28. The summed E-state index contributed by atoms with van der Waals surface area (Å²) in [5.74, 6) is 0.508. The van der Waals surface area contributed by atoms with Crippen molar-refractivity contribution < 1.29 is 0 Å². The van der Waals surface area contributed by atoms with Gasteiger partial charge in [0.05, 0.1) is 5.69 Å². The molecular weight excluding hydrogens is 262 g/mol. The summed E-state index contributed by atoms with van der Waals surface area (Å²) in [4.78, 5) is 15.6. The Morgan fingerprint density at radius 3 is 3.00 bits per heavy atom. The number of likely N-dealkylation sites (tertiary alicyclic amines) is 1. The molecule has 3 rings (SSSR count). The molecule has 110 valence electrons. The lowest BCUT2D eigenvalue weighted by atomic mass is 10.0. The quantitative estimate of drug-likeness (QED) is 0.932. The van der Waals surface area contributed by atoms with E-state index in [2.05, 4.69) is 39.2 Å². The van der Waals surface area contributed by atoms with Crippen molar-refractivity contribution in [1.82, 2.24) is 19.9 Å². The van der Waals surface area contributed by atoms with Crippen LogP contribution in [-0.2, 0) is 6.54 Å². The highest BCUT2D eigenvalue weighted by atomic mass is 15.2. The van der Waals surface area contributed by atoms with Gasteiger partial charge in [0, 0.05) is 61.7 Å². The van der Waals surface area contributed by atoms with Gasteiger partial charge in [-0.1, -0.05) is 0 Å². The Hall–Kier alpha value is -2.01. The van der Waals surface area contributed by atoms with Crippen molar-refractivity contribution in [3.05, 3.63) is 47.8 Å². The highest BCUT2D eigenvalue weighted by molar-refractivity contribution is 5.45. The van der Waals surface area contributed by atoms with Gasteiger partial charge >= 0.3 is 0 Å². The van der Waals surface area contributed by atoms with Crippen molar-refractivity contribution in [2.24, 2.45) is 0 Å². The van der Waals surface area contributed by atoms with Crippen LogP contribution in [0.2, 0.25) is 0 Å². The Bertz CT molecular complexity index is 599. The van der Waals surface area contributed by atoms with Gasteiger partial charge in [0.2, 0.25) is 0 Å². The maximum Gasteiger partial charge on any atom is 0.0726 e. The molecule has 1 aliphatic rings.